The standard InChI is InChI=1S/C20H19N3O2S/c1-12(19(25)15-8-10-16(11-9-15)23-14(3)24)26-20-17-6-4-5-7-18(17)21-13(2)22-20/h4-12H,1-3H3,(H,23,24). The Labute approximate surface area is 156 Å². The highest BCUT2D eigenvalue weighted by molar-refractivity contribution is 8.00. The first-order valence-electron chi connectivity index (χ1n) is 8.26. The van der Waals surface area contributed by atoms with E-state index in [9.17, 15) is 9.59 Å². The number of hydrogen-bond acceptors (Lipinski definition) is 5. The van der Waals surface area contributed by atoms with Gasteiger partial charge in [0.25, 0.3) is 0 Å². The zero-order valence-electron chi connectivity index (χ0n) is 14.8. The van der Waals surface area contributed by atoms with Crippen LogP contribution in [0.25, 0.3) is 10.9 Å². The second kappa shape index (κ2) is 7.66. The third-order valence-electron chi connectivity index (χ3n) is 3.83. The highest BCUT2D eigenvalue weighted by Gasteiger charge is 2.19. The van der Waals surface area contributed by atoms with Gasteiger partial charge in [-0.15, -0.1) is 0 Å². The van der Waals surface area contributed by atoms with Gasteiger partial charge in [0, 0.05) is 23.6 Å². The molecule has 1 atom stereocenters. The van der Waals surface area contributed by atoms with E-state index in [2.05, 4.69) is 15.3 Å². The van der Waals surface area contributed by atoms with Crippen molar-refractivity contribution in [2.45, 2.75) is 31.0 Å². The lowest BCUT2D eigenvalue weighted by Gasteiger charge is -2.12. The molecule has 0 bridgehead atoms. The van der Waals surface area contributed by atoms with Crippen LogP contribution >= 0.6 is 11.8 Å². The largest absolute Gasteiger partial charge is 0.326 e. The van der Waals surface area contributed by atoms with E-state index in [-0.39, 0.29) is 16.9 Å². The molecule has 0 fully saturated rings. The number of aryl methyl sites for hydroxylation is 1. The molecule has 0 aliphatic carbocycles. The number of nitrogens with one attached hydrogen (secondary N) is 1. The smallest absolute Gasteiger partial charge is 0.221 e. The molecule has 0 saturated heterocycles. The fraction of sp³-hybridized carbons (Fsp3) is 0.200. The monoisotopic (exact) mass is 365 g/mol. The lowest BCUT2D eigenvalue weighted by molar-refractivity contribution is -0.114. The van der Waals surface area contributed by atoms with E-state index in [1.807, 2.05) is 38.1 Å². The summed E-state index contributed by atoms with van der Waals surface area (Å²) in [6, 6.07) is 14.7. The Morgan fingerprint density at radius 1 is 1.04 bits per heavy atom. The van der Waals surface area contributed by atoms with Gasteiger partial charge in [0.15, 0.2) is 5.78 Å². The van der Waals surface area contributed by atoms with Crippen molar-refractivity contribution in [3.05, 3.63) is 59.9 Å². The predicted octanol–water partition coefficient (Wildman–Crippen LogP) is 4.26. The van der Waals surface area contributed by atoms with E-state index < -0.39 is 0 Å². The first-order chi connectivity index (χ1) is 12.4. The number of ketones is 1. The zero-order chi connectivity index (χ0) is 18.7. The second-order valence-electron chi connectivity index (χ2n) is 5.98. The summed E-state index contributed by atoms with van der Waals surface area (Å²) in [6.45, 7) is 5.18. The fourth-order valence-corrected chi connectivity index (χ4v) is 3.69. The van der Waals surface area contributed by atoms with Crippen LogP contribution in [-0.2, 0) is 4.79 Å². The van der Waals surface area contributed by atoms with Crippen LogP contribution in [-0.4, -0.2) is 26.9 Å². The molecule has 0 aliphatic heterocycles. The third-order valence-corrected chi connectivity index (χ3v) is 4.93. The van der Waals surface area contributed by atoms with Crippen molar-refractivity contribution in [3.8, 4) is 0 Å². The summed E-state index contributed by atoms with van der Waals surface area (Å²) in [5, 5.41) is 4.16. The molecular weight excluding hydrogens is 346 g/mol. The molecule has 1 N–H and O–H groups in total. The van der Waals surface area contributed by atoms with Gasteiger partial charge in [0.2, 0.25) is 5.91 Å². The molecule has 0 spiro atoms. The molecule has 3 aromatic rings. The summed E-state index contributed by atoms with van der Waals surface area (Å²) in [4.78, 5) is 32.8. The van der Waals surface area contributed by atoms with Gasteiger partial charge in [-0.05, 0) is 44.2 Å². The van der Waals surface area contributed by atoms with Gasteiger partial charge in [0.1, 0.15) is 10.9 Å². The Kier molecular flexibility index (Phi) is 5.32. The Morgan fingerprint density at radius 3 is 2.42 bits per heavy atom. The maximum atomic E-state index is 12.8. The molecule has 2 aromatic carbocycles. The average Bonchev–Trinajstić information content (AvgIpc) is 2.61. The van der Waals surface area contributed by atoms with Crippen molar-refractivity contribution < 1.29 is 9.59 Å². The van der Waals surface area contributed by atoms with Crippen LogP contribution in [0.3, 0.4) is 0 Å². The third kappa shape index (κ3) is 4.08. The molecule has 0 radical (unpaired) electrons. The maximum Gasteiger partial charge on any atom is 0.221 e. The van der Waals surface area contributed by atoms with Gasteiger partial charge in [0.05, 0.1) is 10.8 Å². The number of hydrogen-bond donors (Lipinski definition) is 1. The SMILES string of the molecule is CC(=O)Nc1ccc(C(=O)C(C)Sc2nc(C)nc3ccccc23)cc1. The summed E-state index contributed by atoms with van der Waals surface area (Å²) in [5.41, 5.74) is 2.16. The van der Waals surface area contributed by atoms with Crippen LogP contribution < -0.4 is 5.32 Å². The number of Topliss-reactive ketones (excluding diaryl/α,β-unsaturated/α-hetero) is 1. The topological polar surface area (TPSA) is 72.0 Å². The quantitative estimate of drug-likeness (QED) is 0.415. The van der Waals surface area contributed by atoms with Crippen LogP contribution in [0.2, 0.25) is 0 Å². The average molecular weight is 365 g/mol. The van der Waals surface area contributed by atoms with E-state index in [0.717, 1.165) is 15.9 Å². The van der Waals surface area contributed by atoms with Gasteiger partial charge in [-0.3, -0.25) is 9.59 Å². The van der Waals surface area contributed by atoms with Gasteiger partial charge < -0.3 is 5.32 Å². The van der Waals surface area contributed by atoms with Gasteiger partial charge >= 0.3 is 0 Å². The number of thioether (sulfide) groups is 1. The van der Waals surface area contributed by atoms with E-state index >= 15 is 0 Å². The van der Waals surface area contributed by atoms with Crippen LogP contribution in [0.15, 0.2) is 53.6 Å². The summed E-state index contributed by atoms with van der Waals surface area (Å²) >= 11 is 1.43. The van der Waals surface area contributed by atoms with Crippen molar-refractivity contribution in [2.75, 3.05) is 5.32 Å². The van der Waals surface area contributed by atoms with Crippen molar-refractivity contribution in [1.29, 1.82) is 0 Å². The maximum absolute atomic E-state index is 12.8. The Bertz CT molecular complexity index is 970. The number of fused-ring (bicyclic) bond motifs is 1. The van der Waals surface area contributed by atoms with Crippen LogP contribution in [0.5, 0.6) is 0 Å². The van der Waals surface area contributed by atoms with E-state index in [1.165, 1.54) is 18.7 Å². The number of aromatic nitrogens is 2. The Hall–Kier alpha value is -2.73. The number of carbonyl (C=O) groups is 2. The molecule has 1 unspecified atom stereocenters. The number of para-hydroxylation sites is 1. The first-order valence-corrected chi connectivity index (χ1v) is 9.14. The molecule has 1 heterocycles. The van der Waals surface area contributed by atoms with E-state index in [4.69, 9.17) is 0 Å². The number of anilines is 1. The van der Waals surface area contributed by atoms with Crippen molar-refractivity contribution >= 4 is 40.0 Å². The predicted molar refractivity (Wildman–Crippen MR) is 105 cm³/mol. The fourth-order valence-electron chi connectivity index (χ4n) is 2.63. The molecular formula is C20H19N3O2S. The summed E-state index contributed by atoms with van der Waals surface area (Å²) < 4.78 is 0. The summed E-state index contributed by atoms with van der Waals surface area (Å²) in [7, 11) is 0. The number of amides is 1. The number of benzene rings is 2. The van der Waals surface area contributed by atoms with E-state index in [0.29, 0.717) is 17.1 Å². The summed E-state index contributed by atoms with van der Waals surface area (Å²) in [6.07, 6.45) is 0. The van der Waals surface area contributed by atoms with Crippen LogP contribution in [0.4, 0.5) is 5.69 Å². The van der Waals surface area contributed by atoms with Crippen molar-refractivity contribution in [2.24, 2.45) is 0 Å². The van der Waals surface area contributed by atoms with E-state index in [1.54, 1.807) is 24.3 Å². The van der Waals surface area contributed by atoms with Gasteiger partial charge in [-0.1, -0.05) is 30.0 Å². The highest BCUT2D eigenvalue weighted by atomic mass is 32.2. The molecule has 0 saturated carbocycles. The molecule has 1 amide bonds. The number of carbonyl (C=O) groups excluding carboxylic acids is 2. The molecule has 3 rings (SSSR count). The second-order valence-corrected chi connectivity index (χ2v) is 7.31. The van der Waals surface area contributed by atoms with Gasteiger partial charge in [-0.2, -0.15) is 0 Å². The summed E-state index contributed by atoms with van der Waals surface area (Å²) in [5.74, 6) is 0.564. The highest BCUT2D eigenvalue weighted by Crippen LogP contribution is 2.30. The van der Waals surface area contributed by atoms with Crippen LogP contribution in [0, 0.1) is 6.92 Å². The normalized spacial score (nSPS) is 12.0. The molecule has 1 aromatic heterocycles. The Balaban J connectivity index is 1.80. The van der Waals surface area contributed by atoms with Crippen molar-refractivity contribution in [3.63, 3.8) is 0 Å². The minimum atomic E-state index is -0.292. The molecule has 26 heavy (non-hydrogen) atoms. The lowest BCUT2D eigenvalue weighted by atomic mass is 10.1. The molecule has 0 aliphatic rings. The lowest BCUT2D eigenvalue weighted by Crippen LogP contribution is -2.14. The number of rotatable bonds is 5. The van der Waals surface area contributed by atoms with Gasteiger partial charge in [-0.25, -0.2) is 9.97 Å². The zero-order valence-corrected chi connectivity index (χ0v) is 15.6. The molecule has 5 nitrogen and oxygen atoms in total. The molecule has 6 heteroatoms. The Morgan fingerprint density at radius 2 is 1.73 bits per heavy atom. The van der Waals surface area contributed by atoms with Crippen LogP contribution in [0.1, 0.15) is 30.0 Å². The number of nitrogens with zero attached hydrogens (tertiary/aromatic N) is 2. The minimum absolute atomic E-state index is 0.0183. The first kappa shape index (κ1) is 18.1. The molecule has 132 valence electrons. The van der Waals surface area contributed by atoms with Crippen molar-refractivity contribution in [1.82, 2.24) is 9.97 Å². The minimum Gasteiger partial charge on any atom is -0.326 e.